The summed E-state index contributed by atoms with van der Waals surface area (Å²) in [5.41, 5.74) is 2.61. The molecule has 0 bridgehead atoms. The first-order valence-corrected chi connectivity index (χ1v) is 10.6. The first-order chi connectivity index (χ1) is 13.1. The van der Waals surface area contributed by atoms with Crippen LogP contribution < -0.4 is 10.6 Å². The van der Waals surface area contributed by atoms with Crippen molar-refractivity contribution in [1.82, 2.24) is 20.4 Å². The second-order valence-electron chi connectivity index (χ2n) is 8.20. The molecule has 0 radical (unpaired) electrons. The van der Waals surface area contributed by atoms with Crippen molar-refractivity contribution in [1.29, 1.82) is 0 Å². The Morgan fingerprint density at radius 1 is 1.26 bits per heavy atom. The summed E-state index contributed by atoms with van der Waals surface area (Å²) >= 11 is 0. The van der Waals surface area contributed by atoms with E-state index in [1.54, 1.807) is 7.05 Å². The van der Waals surface area contributed by atoms with Gasteiger partial charge in [0.15, 0.2) is 0 Å². The van der Waals surface area contributed by atoms with Crippen LogP contribution in [0.15, 0.2) is 24.3 Å². The minimum absolute atomic E-state index is 0.00716. The van der Waals surface area contributed by atoms with E-state index in [2.05, 4.69) is 58.5 Å². The summed E-state index contributed by atoms with van der Waals surface area (Å²) in [6, 6.07) is 9.57. The second-order valence-corrected chi connectivity index (χ2v) is 8.20. The lowest BCUT2D eigenvalue weighted by molar-refractivity contribution is -0.126. The van der Waals surface area contributed by atoms with Crippen LogP contribution in [-0.4, -0.2) is 67.1 Å². The zero-order valence-electron chi connectivity index (χ0n) is 17.2. The smallest absolute Gasteiger partial charge is 0.237 e. The summed E-state index contributed by atoms with van der Waals surface area (Å²) in [4.78, 5) is 17.6. The van der Waals surface area contributed by atoms with Crippen LogP contribution in [0.25, 0.3) is 0 Å². The molecule has 2 fully saturated rings. The number of hydrogen-bond donors (Lipinski definition) is 2. The van der Waals surface area contributed by atoms with Gasteiger partial charge in [-0.3, -0.25) is 9.69 Å². The summed E-state index contributed by atoms with van der Waals surface area (Å²) in [5.74, 6) is 0.172. The molecule has 0 aromatic heterocycles. The van der Waals surface area contributed by atoms with Gasteiger partial charge in [-0.25, -0.2) is 0 Å². The first kappa shape index (κ1) is 20.3. The second kappa shape index (κ2) is 9.67. The lowest BCUT2D eigenvalue weighted by atomic mass is 10.0. The number of carbonyl (C=O) groups is 1. The third kappa shape index (κ3) is 5.31. The summed E-state index contributed by atoms with van der Waals surface area (Å²) in [6.07, 6.45) is 4.48. The van der Waals surface area contributed by atoms with Crippen molar-refractivity contribution in [3.63, 3.8) is 0 Å². The predicted molar refractivity (Wildman–Crippen MR) is 111 cm³/mol. The Bertz CT molecular complexity index is 612. The van der Waals surface area contributed by atoms with Crippen LogP contribution in [0.5, 0.6) is 0 Å². The topological polar surface area (TPSA) is 47.6 Å². The number of rotatable bonds is 7. The zero-order chi connectivity index (χ0) is 19.2. The zero-order valence-corrected chi connectivity index (χ0v) is 17.2. The van der Waals surface area contributed by atoms with Gasteiger partial charge in [-0.2, -0.15) is 0 Å². The summed E-state index contributed by atoms with van der Waals surface area (Å²) in [5, 5.41) is 6.59. The highest BCUT2D eigenvalue weighted by molar-refractivity contribution is 5.82. The van der Waals surface area contributed by atoms with Gasteiger partial charge in [0.05, 0.1) is 6.04 Å². The molecule has 2 aliphatic heterocycles. The van der Waals surface area contributed by atoms with Crippen LogP contribution in [0, 0.1) is 6.92 Å². The van der Waals surface area contributed by atoms with Crippen LogP contribution in [0.1, 0.15) is 43.7 Å². The molecule has 1 aromatic rings. The molecule has 2 atom stereocenters. The van der Waals surface area contributed by atoms with Gasteiger partial charge in [-0.1, -0.05) is 36.8 Å². The number of hydrogen-bond acceptors (Lipinski definition) is 4. The van der Waals surface area contributed by atoms with E-state index in [9.17, 15) is 4.79 Å². The quantitative estimate of drug-likeness (QED) is 0.770. The van der Waals surface area contributed by atoms with E-state index in [0.717, 1.165) is 32.6 Å². The molecule has 27 heavy (non-hydrogen) atoms. The molecule has 0 aliphatic carbocycles. The first-order valence-electron chi connectivity index (χ1n) is 10.6. The molecule has 2 aliphatic rings. The van der Waals surface area contributed by atoms with Gasteiger partial charge in [0.25, 0.3) is 0 Å². The van der Waals surface area contributed by atoms with Gasteiger partial charge in [0.1, 0.15) is 0 Å². The highest BCUT2D eigenvalue weighted by Crippen LogP contribution is 2.27. The third-order valence-electron chi connectivity index (χ3n) is 6.13. The van der Waals surface area contributed by atoms with Crippen LogP contribution in [0.4, 0.5) is 0 Å². The van der Waals surface area contributed by atoms with Crippen LogP contribution in [0.3, 0.4) is 0 Å². The lowest BCUT2D eigenvalue weighted by Crippen LogP contribution is -2.51. The highest BCUT2D eigenvalue weighted by Gasteiger charge is 2.40. The van der Waals surface area contributed by atoms with Gasteiger partial charge in [-0.15, -0.1) is 0 Å². The van der Waals surface area contributed by atoms with Crippen molar-refractivity contribution in [3.05, 3.63) is 35.4 Å². The maximum atomic E-state index is 12.5. The number of amides is 1. The van der Waals surface area contributed by atoms with Crippen molar-refractivity contribution in [2.24, 2.45) is 0 Å². The number of nitrogens with zero attached hydrogens (tertiary/aromatic N) is 2. The van der Waals surface area contributed by atoms with Crippen LogP contribution >= 0.6 is 0 Å². The van der Waals surface area contributed by atoms with E-state index in [1.165, 1.54) is 36.9 Å². The Hall–Kier alpha value is -1.43. The van der Waals surface area contributed by atoms with Gasteiger partial charge >= 0.3 is 0 Å². The molecule has 3 rings (SSSR count). The molecule has 0 unspecified atom stereocenters. The van der Waals surface area contributed by atoms with Gasteiger partial charge < -0.3 is 15.5 Å². The average Bonchev–Trinajstić information content (AvgIpc) is 3.11. The number of aryl methyl sites for hydroxylation is 1. The largest absolute Gasteiger partial charge is 0.358 e. The van der Waals surface area contributed by atoms with E-state index < -0.39 is 0 Å². The summed E-state index contributed by atoms with van der Waals surface area (Å²) in [7, 11) is 1.76. The molecular formula is C22H36N4O. The molecule has 5 heteroatoms. The third-order valence-corrected chi connectivity index (χ3v) is 6.13. The van der Waals surface area contributed by atoms with Crippen molar-refractivity contribution in [3.8, 4) is 0 Å². The van der Waals surface area contributed by atoms with Crippen LogP contribution in [0.2, 0.25) is 0 Å². The predicted octanol–water partition coefficient (Wildman–Crippen LogP) is 2.15. The van der Waals surface area contributed by atoms with Gasteiger partial charge in [0, 0.05) is 32.2 Å². The Kier molecular flexibility index (Phi) is 7.27. The number of piperidine rings is 1. The molecule has 0 saturated carbocycles. The minimum atomic E-state index is 0.00716. The molecule has 1 amide bonds. The number of nitrogens with one attached hydrogen (secondary N) is 2. The fourth-order valence-electron chi connectivity index (χ4n) is 4.71. The van der Waals surface area contributed by atoms with Crippen molar-refractivity contribution < 1.29 is 4.79 Å². The van der Waals surface area contributed by atoms with E-state index >= 15 is 0 Å². The molecular weight excluding hydrogens is 336 g/mol. The van der Waals surface area contributed by atoms with Gasteiger partial charge in [-0.05, 0) is 57.8 Å². The number of benzene rings is 1. The maximum absolute atomic E-state index is 12.5. The fraction of sp³-hybridized carbons (Fsp3) is 0.682. The molecule has 1 aromatic carbocycles. The van der Waals surface area contributed by atoms with E-state index in [-0.39, 0.29) is 11.9 Å². The van der Waals surface area contributed by atoms with Crippen molar-refractivity contribution >= 4 is 5.91 Å². The van der Waals surface area contributed by atoms with E-state index in [0.29, 0.717) is 12.1 Å². The number of likely N-dealkylation sites (tertiary alicyclic amines) is 2. The minimum Gasteiger partial charge on any atom is -0.358 e. The highest BCUT2D eigenvalue weighted by atomic mass is 16.2. The molecule has 150 valence electrons. The lowest BCUT2D eigenvalue weighted by Gasteiger charge is -2.38. The van der Waals surface area contributed by atoms with E-state index in [1.807, 2.05) is 0 Å². The summed E-state index contributed by atoms with van der Waals surface area (Å²) < 4.78 is 0. The molecule has 2 N–H and O–H groups in total. The summed E-state index contributed by atoms with van der Waals surface area (Å²) in [6.45, 7) is 9.75. The monoisotopic (exact) mass is 372 g/mol. The fourth-order valence-corrected chi connectivity index (χ4v) is 4.71. The molecule has 0 spiro atoms. The van der Waals surface area contributed by atoms with E-state index in [4.69, 9.17) is 0 Å². The molecule has 2 heterocycles. The SMILES string of the molecule is CCCN1CCC(N2C[C@H](NCc3cccc(C)c3)C[C@H]2C(=O)NC)CC1. The van der Waals surface area contributed by atoms with Gasteiger partial charge in [0.2, 0.25) is 5.91 Å². The normalized spacial score (nSPS) is 25.0. The van der Waals surface area contributed by atoms with Crippen molar-refractivity contribution in [2.75, 3.05) is 33.2 Å². The molecule has 2 saturated heterocycles. The number of carbonyl (C=O) groups excluding carboxylic acids is 1. The number of likely N-dealkylation sites (N-methyl/N-ethyl adjacent to an activating group) is 1. The van der Waals surface area contributed by atoms with Crippen molar-refractivity contribution in [2.45, 2.75) is 64.2 Å². The Balaban J connectivity index is 1.58. The molecule has 5 nitrogen and oxygen atoms in total. The Morgan fingerprint density at radius 3 is 2.70 bits per heavy atom. The standard InChI is InChI=1S/C22H36N4O/c1-4-10-25-11-8-20(9-12-25)26-16-19(14-21(26)22(27)23-3)24-15-18-7-5-6-17(2)13-18/h5-7,13,19-21,24H,4,8-12,14-16H2,1-3H3,(H,23,27)/t19-,21+/m1/s1. The Labute approximate surface area is 164 Å². The maximum Gasteiger partial charge on any atom is 0.237 e. The average molecular weight is 373 g/mol. The van der Waals surface area contributed by atoms with Crippen LogP contribution in [-0.2, 0) is 11.3 Å². The Morgan fingerprint density at radius 2 is 2.04 bits per heavy atom.